The number of halogens is 3. The third-order valence-electron chi connectivity index (χ3n) is 5.15. The molecule has 0 spiro atoms. The number of hydrogen-bond donors (Lipinski definition) is 0. The molecule has 0 N–H and O–H groups in total. The van der Waals surface area contributed by atoms with E-state index >= 15 is 0 Å². The highest BCUT2D eigenvalue weighted by Crippen LogP contribution is 2.31. The molecule has 1 atom stereocenters. The van der Waals surface area contributed by atoms with Gasteiger partial charge < -0.3 is 19.6 Å². The zero-order valence-corrected chi connectivity index (χ0v) is 17.2. The normalized spacial score (nSPS) is 21.6. The lowest BCUT2D eigenvalue weighted by Gasteiger charge is -2.36. The number of hydrogen-bond acceptors (Lipinski definition) is 8. The summed E-state index contributed by atoms with van der Waals surface area (Å²) in [6.45, 7) is 5.92. The monoisotopic (exact) mass is 454 g/mol. The second-order valence-electron chi connectivity index (χ2n) is 7.91. The van der Waals surface area contributed by atoms with Crippen LogP contribution in [0.4, 0.5) is 19.0 Å². The van der Waals surface area contributed by atoms with E-state index in [1.165, 1.54) is 30.5 Å². The second kappa shape index (κ2) is 8.30. The van der Waals surface area contributed by atoms with Crippen molar-refractivity contribution in [1.29, 1.82) is 0 Å². The van der Waals surface area contributed by atoms with Crippen molar-refractivity contribution in [3.05, 3.63) is 46.1 Å². The molecule has 2 aliphatic heterocycles. The van der Waals surface area contributed by atoms with Gasteiger partial charge in [0.1, 0.15) is 17.5 Å². The standard InChI is InChI=1S/C19H21F3N6O4/c1-18(13-26-11-16(28(29)30)24-17(26)32-18)12-25-6-8-27(9-7-25)23-10-14-2-4-15(5-3-14)31-19(20,21)22/h2-5,10-11H,6-9,12-13H2,1H3. The summed E-state index contributed by atoms with van der Waals surface area (Å²) < 4.78 is 48.0. The molecule has 1 saturated heterocycles. The highest BCUT2D eigenvalue weighted by molar-refractivity contribution is 5.79. The molecule has 0 bridgehead atoms. The van der Waals surface area contributed by atoms with Crippen molar-refractivity contribution in [2.45, 2.75) is 25.4 Å². The summed E-state index contributed by atoms with van der Waals surface area (Å²) in [5, 5.41) is 17.1. The number of nitro groups is 1. The summed E-state index contributed by atoms with van der Waals surface area (Å²) in [6, 6.07) is 5.76. The van der Waals surface area contributed by atoms with E-state index in [1.54, 1.807) is 10.8 Å². The Balaban J connectivity index is 1.24. The highest BCUT2D eigenvalue weighted by atomic mass is 19.4. The largest absolute Gasteiger partial charge is 0.573 e. The number of imidazole rings is 1. The molecule has 4 rings (SSSR count). The van der Waals surface area contributed by atoms with Crippen molar-refractivity contribution in [3.8, 4) is 11.8 Å². The summed E-state index contributed by atoms with van der Waals surface area (Å²) in [5.74, 6) is -0.501. The Kier molecular flexibility index (Phi) is 5.67. The van der Waals surface area contributed by atoms with Gasteiger partial charge in [-0.1, -0.05) is 0 Å². The zero-order valence-electron chi connectivity index (χ0n) is 17.2. The molecule has 2 aliphatic rings. The lowest BCUT2D eigenvalue weighted by molar-refractivity contribution is -0.389. The molecule has 172 valence electrons. The summed E-state index contributed by atoms with van der Waals surface area (Å²) in [4.78, 5) is 16.4. The van der Waals surface area contributed by atoms with Crippen LogP contribution in [-0.4, -0.2) is 75.3 Å². The number of ether oxygens (including phenoxy) is 2. The molecule has 1 unspecified atom stereocenters. The number of piperazine rings is 1. The minimum Gasteiger partial charge on any atom is -0.436 e. The van der Waals surface area contributed by atoms with Gasteiger partial charge in [-0.25, -0.2) is 0 Å². The maximum absolute atomic E-state index is 12.2. The number of aromatic nitrogens is 2. The second-order valence-corrected chi connectivity index (χ2v) is 7.91. The van der Waals surface area contributed by atoms with Gasteiger partial charge >= 0.3 is 18.2 Å². The van der Waals surface area contributed by atoms with Gasteiger partial charge in [0.25, 0.3) is 0 Å². The Hall–Kier alpha value is -3.35. The Bertz CT molecular complexity index is 976. The van der Waals surface area contributed by atoms with Crippen LogP contribution < -0.4 is 9.47 Å². The van der Waals surface area contributed by atoms with Crippen molar-refractivity contribution in [2.75, 3.05) is 32.7 Å². The summed E-state index contributed by atoms with van der Waals surface area (Å²) >= 11 is 0. The lowest BCUT2D eigenvalue weighted by Crippen LogP contribution is -2.51. The van der Waals surface area contributed by atoms with E-state index in [9.17, 15) is 23.3 Å². The van der Waals surface area contributed by atoms with E-state index in [2.05, 4.69) is 19.7 Å². The third kappa shape index (κ3) is 5.28. The molecule has 3 heterocycles. The van der Waals surface area contributed by atoms with Crippen molar-refractivity contribution in [2.24, 2.45) is 5.10 Å². The summed E-state index contributed by atoms with van der Waals surface area (Å²) in [7, 11) is 0. The quantitative estimate of drug-likeness (QED) is 0.376. The Morgan fingerprint density at radius 1 is 1.28 bits per heavy atom. The zero-order chi connectivity index (χ0) is 22.9. The van der Waals surface area contributed by atoms with E-state index in [4.69, 9.17) is 4.74 Å². The van der Waals surface area contributed by atoms with Crippen LogP contribution in [0.1, 0.15) is 12.5 Å². The molecular weight excluding hydrogens is 433 g/mol. The first-order valence-corrected chi connectivity index (χ1v) is 9.86. The number of benzene rings is 1. The predicted molar refractivity (Wildman–Crippen MR) is 107 cm³/mol. The van der Waals surface area contributed by atoms with Gasteiger partial charge in [-0.3, -0.25) is 14.5 Å². The molecular formula is C19H21F3N6O4. The van der Waals surface area contributed by atoms with E-state index in [1.807, 2.05) is 11.9 Å². The topological polar surface area (TPSA) is 98.3 Å². The van der Waals surface area contributed by atoms with Crippen molar-refractivity contribution in [3.63, 3.8) is 0 Å². The molecule has 1 aromatic heterocycles. The first-order valence-electron chi connectivity index (χ1n) is 9.86. The van der Waals surface area contributed by atoms with Gasteiger partial charge in [-0.05, 0) is 41.7 Å². The van der Waals surface area contributed by atoms with Crippen molar-refractivity contribution in [1.82, 2.24) is 19.5 Å². The van der Waals surface area contributed by atoms with Gasteiger partial charge in [0, 0.05) is 37.7 Å². The number of fused-ring (bicyclic) bond motifs is 1. The maximum Gasteiger partial charge on any atom is 0.573 e. The Morgan fingerprint density at radius 3 is 2.56 bits per heavy atom. The maximum atomic E-state index is 12.2. The summed E-state index contributed by atoms with van der Waals surface area (Å²) in [6.07, 6.45) is -1.73. The minimum atomic E-state index is -4.71. The average Bonchev–Trinajstić information content (AvgIpc) is 3.22. The van der Waals surface area contributed by atoms with Crippen LogP contribution in [0.15, 0.2) is 35.6 Å². The minimum absolute atomic E-state index is 0.226. The molecule has 0 saturated carbocycles. The van der Waals surface area contributed by atoms with Gasteiger partial charge in [-0.15, -0.1) is 13.2 Å². The molecule has 10 nitrogen and oxygen atoms in total. The van der Waals surface area contributed by atoms with Crippen LogP contribution in [0.25, 0.3) is 0 Å². The molecule has 13 heteroatoms. The van der Waals surface area contributed by atoms with E-state index in [0.29, 0.717) is 31.7 Å². The average molecular weight is 454 g/mol. The molecule has 0 aliphatic carbocycles. The smallest absolute Gasteiger partial charge is 0.436 e. The third-order valence-corrected chi connectivity index (χ3v) is 5.15. The van der Waals surface area contributed by atoms with Crippen molar-refractivity contribution >= 4 is 12.0 Å². The van der Waals surface area contributed by atoms with Crippen LogP contribution in [0.3, 0.4) is 0 Å². The molecule has 1 fully saturated rings. The van der Waals surface area contributed by atoms with Gasteiger partial charge in [0.2, 0.25) is 0 Å². The molecule has 0 radical (unpaired) electrons. The summed E-state index contributed by atoms with van der Waals surface area (Å²) in [5.41, 5.74) is 0.140. The highest BCUT2D eigenvalue weighted by Gasteiger charge is 2.41. The van der Waals surface area contributed by atoms with E-state index in [-0.39, 0.29) is 17.6 Å². The van der Waals surface area contributed by atoms with Crippen LogP contribution >= 0.6 is 0 Å². The Labute approximate surface area is 181 Å². The van der Waals surface area contributed by atoms with E-state index < -0.39 is 16.9 Å². The van der Waals surface area contributed by atoms with Gasteiger partial charge in [-0.2, -0.15) is 5.10 Å². The van der Waals surface area contributed by atoms with Crippen LogP contribution in [0.5, 0.6) is 11.8 Å². The predicted octanol–water partition coefficient (Wildman–Crippen LogP) is 2.49. The van der Waals surface area contributed by atoms with Crippen LogP contribution in [-0.2, 0) is 6.54 Å². The first kappa shape index (κ1) is 21.9. The Morgan fingerprint density at radius 2 is 1.97 bits per heavy atom. The fraction of sp³-hybridized carbons (Fsp3) is 0.474. The van der Waals surface area contributed by atoms with Crippen LogP contribution in [0, 0.1) is 10.1 Å². The van der Waals surface area contributed by atoms with Gasteiger partial charge in [0.05, 0.1) is 12.8 Å². The number of alkyl halides is 3. The number of nitrogens with zero attached hydrogens (tertiary/aromatic N) is 6. The fourth-order valence-corrected chi connectivity index (χ4v) is 3.75. The first-order chi connectivity index (χ1) is 15.1. The lowest BCUT2D eigenvalue weighted by atomic mass is 10.1. The fourth-order valence-electron chi connectivity index (χ4n) is 3.75. The number of hydrazone groups is 1. The van der Waals surface area contributed by atoms with Crippen LogP contribution in [0.2, 0.25) is 0 Å². The van der Waals surface area contributed by atoms with Gasteiger partial charge in [0.15, 0.2) is 0 Å². The molecule has 2 aromatic rings. The molecule has 1 aromatic carbocycles. The number of rotatable bonds is 6. The van der Waals surface area contributed by atoms with Crippen molar-refractivity contribution < 1.29 is 27.6 Å². The SMILES string of the molecule is CC1(CN2CCN(N=Cc3ccc(OC(F)(F)F)cc3)CC2)Cn2cc([N+](=O)[O-])nc2O1. The van der Waals surface area contributed by atoms with E-state index in [0.717, 1.165) is 13.1 Å². The molecule has 32 heavy (non-hydrogen) atoms. The molecule has 0 amide bonds.